The fraction of sp³-hybridized carbons (Fsp3) is 0.0952. The quantitative estimate of drug-likeness (QED) is 0.526. The summed E-state index contributed by atoms with van der Waals surface area (Å²) in [6, 6.07) is 15.1. The summed E-state index contributed by atoms with van der Waals surface area (Å²) in [4.78, 5) is 16.9. The topological polar surface area (TPSA) is 69.0 Å². The van der Waals surface area contributed by atoms with Crippen molar-refractivity contribution in [2.75, 3.05) is 5.32 Å². The highest BCUT2D eigenvalue weighted by atomic mass is 32.1. The number of aromatic nitrogens is 3. The smallest absolute Gasteiger partial charge is 0.275 e. The van der Waals surface area contributed by atoms with E-state index in [0.717, 1.165) is 21.9 Å². The number of hydrogen-bond donors (Lipinski definition) is 1. The highest BCUT2D eigenvalue weighted by molar-refractivity contribution is 7.13. The first-order chi connectivity index (χ1) is 13.6. The highest BCUT2D eigenvalue weighted by Crippen LogP contribution is 2.25. The van der Waals surface area contributed by atoms with Crippen molar-refractivity contribution < 1.29 is 9.53 Å². The summed E-state index contributed by atoms with van der Waals surface area (Å²) in [5, 5.41) is 9.49. The number of carbonyl (C=O) groups is 1. The Labute approximate surface area is 166 Å². The number of anilines is 1. The molecule has 28 heavy (non-hydrogen) atoms. The second-order valence-electron chi connectivity index (χ2n) is 6.34. The van der Waals surface area contributed by atoms with Crippen LogP contribution in [-0.2, 0) is 7.05 Å². The van der Waals surface area contributed by atoms with Gasteiger partial charge in [0.05, 0.1) is 6.20 Å². The minimum atomic E-state index is -0.251. The maximum absolute atomic E-state index is 12.5. The molecule has 6 nitrogen and oxygen atoms in total. The van der Waals surface area contributed by atoms with E-state index in [1.54, 1.807) is 28.4 Å². The number of nitrogens with zero attached hydrogens (tertiary/aromatic N) is 3. The van der Waals surface area contributed by atoms with Crippen molar-refractivity contribution in [1.29, 1.82) is 0 Å². The van der Waals surface area contributed by atoms with Gasteiger partial charge in [0.15, 0.2) is 0 Å². The molecule has 0 spiro atoms. The van der Waals surface area contributed by atoms with Crippen molar-refractivity contribution in [2.24, 2.45) is 7.05 Å². The lowest BCUT2D eigenvalue weighted by Crippen LogP contribution is -2.12. The van der Waals surface area contributed by atoms with E-state index in [1.165, 1.54) is 11.3 Å². The molecule has 0 bridgehead atoms. The molecule has 0 aliphatic rings. The van der Waals surface area contributed by atoms with Gasteiger partial charge >= 0.3 is 0 Å². The van der Waals surface area contributed by atoms with E-state index in [-0.39, 0.29) is 5.91 Å². The molecule has 0 fully saturated rings. The second-order valence-corrected chi connectivity index (χ2v) is 7.20. The second kappa shape index (κ2) is 7.66. The summed E-state index contributed by atoms with van der Waals surface area (Å²) >= 11 is 1.41. The van der Waals surface area contributed by atoms with Gasteiger partial charge in [-0.25, -0.2) is 4.98 Å². The lowest BCUT2D eigenvalue weighted by atomic mass is 10.2. The maximum Gasteiger partial charge on any atom is 0.275 e. The third-order valence-corrected chi connectivity index (χ3v) is 4.92. The highest BCUT2D eigenvalue weighted by Gasteiger charge is 2.13. The van der Waals surface area contributed by atoms with Gasteiger partial charge in [0, 0.05) is 29.9 Å². The Kier molecular flexibility index (Phi) is 4.90. The normalized spacial score (nSPS) is 10.6. The number of rotatable bonds is 5. The molecule has 7 heteroatoms. The summed E-state index contributed by atoms with van der Waals surface area (Å²) in [5.74, 6) is 1.23. The molecular formula is C21H18N4O2S. The third kappa shape index (κ3) is 4.10. The lowest BCUT2D eigenvalue weighted by Gasteiger charge is -2.08. The van der Waals surface area contributed by atoms with Crippen molar-refractivity contribution >= 4 is 22.9 Å². The van der Waals surface area contributed by atoms with Gasteiger partial charge in [-0.05, 0) is 48.9 Å². The van der Waals surface area contributed by atoms with Crippen molar-refractivity contribution in [3.05, 3.63) is 77.6 Å². The van der Waals surface area contributed by atoms with Crippen LogP contribution >= 0.6 is 11.3 Å². The number of amides is 1. The van der Waals surface area contributed by atoms with Crippen LogP contribution in [0.3, 0.4) is 0 Å². The van der Waals surface area contributed by atoms with E-state index >= 15 is 0 Å². The number of aryl methyl sites for hydroxylation is 2. The Morgan fingerprint density at radius 3 is 2.68 bits per heavy atom. The predicted octanol–water partition coefficient (Wildman–Crippen LogP) is 4.90. The van der Waals surface area contributed by atoms with Crippen LogP contribution < -0.4 is 10.1 Å². The van der Waals surface area contributed by atoms with E-state index in [4.69, 9.17) is 4.74 Å². The zero-order valence-electron chi connectivity index (χ0n) is 15.4. The van der Waals surface area contributed by atoms with E-state index in [9.17, 15) is 4.79 Å². The number of ether oxygens (including phenoxy) is 1. The molecule has 1 N–H and O–H groups in total. The maximum atomic E-state index is 12.5. The van der Waals surface area contributed by atoms with Gasteiger partial charge in [-0.3, -0.25) is 9.48 Å². The van der Waals surface area contributed by atoms with Crippen LogP contribution in [0.15, 0.2) is 66.3 Å². The number of benzene rings is 2. The SMILES string of the molecule is Cc1cccc(Oc2ccc(NC(=O)c3csc(-c4cnn(C)c4)n3)cc2)c1. The van der Waals surface area contributed by atoms with E-state index < -0.39 is 0 Å². The molecule has 0 unspecified atom stereocenters. The number of hydrogen-bond acceptors (Lipinski definition) is 5. The van der Waals surface area contributed by atoms with Crippen molar-refractivity contribution in [3.8, 4) is 22.1 Å². The summed E-state index contributed by atoms with van der Waals surface area (Å²) in [7, 11) is 1.84. The Hall–Kier alpha value is -3.45. The molecule has 2 heterocycles. The largest absolute Gasteiger partial charge is 0.457 e. The van der Waals surface area contributed by atoms with Gasteiger partial charge < -0.3 is 10.1 Å². The third-order valence-electron chi connectivity index (χ3n) is 4.03. The molecule has 140 valence electrons. The Balaban J connectivity index is 1.41. The average Bonchev–Trinajstić information content (AvgIpc) is 3.32. The van der Waals surface area contributed by atoms with Crippen LogP contribution in [-0.4, -0.2) is 20.7 Å². The molecule has 0 radical (unpaired) electrons. The monoisotopic (exact) mass is 390 g/mol. The Morgan fingerprint density at radius 1 is 1.14 bits per heavy atom. The Morgan fingerprint density at radius 2 is 1.96 bits per heavy atom. The summed E-state index contributed by atoms with van der Waals surface area (Å²) < 4.78 is 7.53. The predicted molar refractivity (Wildman–Crippen MR) is 110 cm³/mol. The molecule has 2 aromatic heterocycles. The van der Waals surface area contributed by atoms with Crippen LogP contribution in [0.2, 0.25) is 0 Å². The van der Waals surface area contributed by atoms with Crippen LogP contribution in [0.25, 0.3) is 10.6 Å². The average molecular weight is 390 g/mol. The molecule has 0 saturated carbocycles. The van der Waals surface area contributed by atoms with Gasteiger partial charge in [-0.1, -0.05) is 12.1 Å². The van der Waals surface area contributed by atoms with Crippen molar-refractivity contribution in [2.45, 2.75) is 6.92 Å². The fourth-order valence-corrected chi connectivity index (χ4v) is 3.43. The lowest BCUT2D eigenvalue weighted by molar-refractivity contribution is 0.102. The minimum absolute atomic E-state index is 0.251. The molecule has 0 aliphatic carbocycles. The van der Waals surface area contributed by atoms with Crippen molar-refractivity contribution in [3.63, 3.8) is 0 Å². The van der Waals surface area contributed by atoms with Crippen LogP contribution in [0.4, 0.5) is 5.69 Å². The molecule has 0 saturated heterocycles. The molecule has 4 rings (SSSR count). The van der Waals surface area contributed by atoms with Gasteiger partial charge in [0.1, 0.15) is 22.2 Å². The fourth-order valence-electron chi connectivity index (χ4n) is 2.66. The van der Waals surface area contributed by atoms with Crippen LogP contribution in [0.1, 0.15) is 16.1 Å². The number of thiazole rings is 1. The first kappa shape index (κ1) is 17.9. The van der Waals surface area contributed by atoms with Crippen LogP contribution in [0, 0.1) is 6.92 Å². The zero-order valence-corrected chi connectivity index (χ0v) is 16.2. The first-order valence-electron chi connectivity index (χ1n) is 8.67. The Bertz CT molecular complexity index is 1120. The van der Waals surface area contributed by atoms with Gasteiger partial charge in [-0.15, -0.1) is 11.3 Å². The van der Waals surface area contributed by atoms with Crippen molar-refractivity contribution in [1.82, 2.24) is 14.8 Å². The van der Waals surface area contributed by atoms with E-state index in [2.05, 4.69) is 15.4 Å². The zero-order chi connectivity index (χ0) is 19.5. The van der Waals surface area contributed by atoms with Crippen LogP contribution in [0.5, 0.6) is 11.5 Å². The molecule has 0 atom stereocenters. The van der Waals surface area contributed by atoms with Gasteiger partial charge in [0.2, 0.25) is 0 Å². The van der Waals surface area contributed by atoms with E-state index in [1.807, 2.05) is 56.6 Å². The molecular weight excluding hydrogens is 372 g/mol. The number of carbonyl (C=O) groups excluding carboxylic acids is 1. The van der Waals surface area contributed by atoms with Gasteiger partial charge in [-0.2, -0.15) is 5.10 Å². The summed E-state index contributed by atoms with van der Waals surface area (Å²) in [5.41, 5.74) is 3.08. The summed E-state index contributed by atoms with van der Waals surface area (Å²) in [6.45, 7) is 2.02. The molecule has 0 aliphatic heterocycles. The summed E-state index contributed by atoms with van der Waals surface area (Å²) in [6.07, 6.45) is 3.60. The first-order valence-corrected chi connectivity index (χ1v) is 9.55. The molecule has 1 amide bonds. The number of nitrogens with one attached hydrogen (secondary N) is 1. The van der Waals surface area contributed by atoms with E-state index in [0.29, 0.717) is 17.1 Å². The molecule has 2 aromatic carbocycles. The standard InChI is InChI=1S/C21H18N4O2S/c1-14-4-3-5-18(10-14)27-17-8-6-16(7-9-17)23-20(26)19-13-28-21(24-19)15-11-22-25(2)12-15/h3-13H,1-2H3,(H,23,26). The van der Waals surface area contributed by atoms with Gasteiger partial charge in [0.25, 0.3) is 5.91 Å². The minimum Gasteiger partial charge on any atom is -0.457 e. The molecule has 4 aromatic rings.